The number of carbonyl (C=O) groups is 2. The highest BCUT2D eigenvalue weighted by Gasteiger charge is 2.25. The third-order valence-corrected chi connectivity index (χ3v) is 6.15. The monoisotopic (exact) mass is 633 g/mol. The largest absolute Gasteiger partial charge is 0.493 e. The van der Waals surface area contributed by atoms with Crippen LogP contribution >= 0.6 is 45.2 Å². The van der Waals surface area contributed by atoms with Crippen LogP contribution in [-0.4, -0.2) is 38.7 Å². The number of halogens is 2. The van der Waals surface area contributed by atoms with Crippen LogP contribution in [0.3, 0.4) is 0 Å². The van der Waals surface area contributed by atoms with Gasteiger partial charge in [-0.15, -0.1) is 0 Å². The Morgan fingerprint density at radius 3 is 2.60 bits per heavy atom. The summed E-state index contributed by atoms with van der Waals surface area (Å²) in [7, 11) is 2.78. The van der Waals surface area contributed by atoms with E-state index in [1.165, 1.54) is 14.2 Å². The zero-order chi connectivity index (χ0) is 21.8. The van der Waals surface area contributed by atoms with Crippen LogP contribution in [0.1, 0.15) is 16.7 Å². The summed E-state index contributed by atoms with van der Waals surface area (Å²) in [4.78, 5) is 28.0. The number of hydrogen-bond acceptors (Lipinski definition) is 7. The second-order valence-corrected chi connectivity index (χ2v) is 8.52. The van der Waals surface area contributed by atoms with E-state index in [1.807, 2.05) is 25.1 Å². The maximum absolute atomic E-state index is 12.3. The van der Waals surface area contributed by atoms with Gasteiger partial charge in [-0.2, -0.15) is 0 Å². The molecule has 1 aliphatic heterocycles. The van der Waals surface area contributed by atoms with Crippen LogP contribution in [-0.2, 0) is 19.1 Å². The van der Waals surface area contributed by atoms with Gasteiger partial charge in [0.05, 0.1) is 17.8 Å². The van der Waals surface area contributed by atoms with Gasteiger partial charge >= 0.3 is 11.9 Å². The van der Waals surface area contributed by atoms with Gasteiger partial charge in [-0.1, -0.05) is 0 Å². The molecule has 30 heavy (non-hydrogen) atoms. The van der Waals surface area contributed by atoms with Crippen molar-refractivity contribution in [3.63, 3.8) is 0 Å². The number of esters is 2. The van der Waals surface area contributed by atoms with Crippen LogP contribution in [0.15, 0.2) is 41.0 Å². The van der Waals surface area contributed by atoms with Gasteiger partial charge < -0.3 is 18.9 Å². The van der Waals surface area contributed by atoms with Gasteiger partial charge in [0.1, 0.15) is 0 Å². The summed E-state index contributed by atoms with van der Waals surface area (Å²) in [6.45, 7) is 1.75. The zero-order valence-electron chi connectivity index (χ0n) is 16.3. The van der Waals surface area contributed by atoms with Crippen LogP contribution in [0.2, 0.25) is 0 Å². The smallest absolute Gasteiger partial charge is 0.363 e. The molecule has 0 radical (unpaired) electrons. The number of cyclic esters (lactones) is 1. The number of rotatable bonds is 6. The molecule has 0 bridgehead atoms. The molecule has 0 atom stereocenters. The van der Waals surface area contributed by atoms with Crippen molar-refractivity contribution >= 4 is 69.1 Å². The molecule has 0 saturated heterocycles. The molecule has 0 N–H and O–H groups in total. The zero-order valence-corrected chi connectivity index (χ0v) is 20.6. The molecule has 0 aliphatic carbocycles. The molecule has 0 amide bonds. The Morgan fingerprint density at radius 2 is 1.93 bits per heavy atom. The average molecular weight is 633 g/mol. The van der Waals surface area contributed by atoms with Crippen molar-refractivity contribution in [2.75, 3.05) is 20.8 Å². The van der Waals surface area contributed by atoms with E-state index in [2.05, 4.69) is 54.9 Å². The number of aryl methyl sites for hydroxylation is 1. The van der Waals surface area contributed by atoms with Gasteiger partial charge in [0, 0.05) is 9.13 Å². The molecular weight excluding hydrogens is 616 g/mol. The lowest BCUT2D eigenvalue weighted by Gasteiger charge is -2.12. The molecule has 0 spiro atoms. The maximum Gasteiger partial charge on any atom is 0.363 e. The number of carbonyl (C=O) groups excluding carboxylic acids is 2. The van der Waals surface area contributed by atoms with Gasteiger partial charge in [-0.05, 0) is 99.6 Å². The molecule has 0 fully saturated rings. The summed E-state index contributed by atoms with van der Waals surface area (Å²) in [5.74, 6) is 0.0757. The minimum Gasteiger partial charge on any atom is -0.493 e. The van der Waals surface area contributed by atoms with Gasteiger partial charge in [-0.25, -0.2) is 14.6 Å². The minimum atomic E-state index is -0.527. The predicted molar refractivity (Wildman–Crippen MR) is 128 cm³/mol. The Bertz CT molecular complexity index is 1080. The summed E-state index contributed by atoms with van der Waals surface area (Å²) < 4.78 is 22.6. The lowest BCUT2D eigenvalue weighted by Crippen LogP contribution is -2.13. The molecular formula is C21H17I2NO6. The minimum absolute atomic E-state index is 0.183. The molecule has 1 heterocycles. The first kappa shape index (κ1) is 22.5. The first-order valence-electron chi connectivity index (χ1n) is 8.68. The number of hydrogen-bond donors (Lipinski definition) is 0. The van der Waals surface area contributed by atoms with E-state index in [9.17, 15) is 9.59 Å². The molecule has 7 nitrogen and oxygen atoms in total. The van der Waals surface area contributed by atoms with E-state index in [-0.39, 0.29) is 18.2 Å². The van der Waals surface area contributed by atoms with Crippen LogP contribution < -0.4 is 9.47 Å². The topological polar surface area (TPSA) is 83.4 Å². The average Bonchev–Trinajstić information content (AvgIpc) is 3.08. The van der Waals surface area contributed by atoms with Gasteiger partial charge in [0.25, 0.3) is 0 Å². The molecule has 2 aromatic rings. The van der Waals surface area contributed by atoms with Crippen molar-refractivity contribution in [3.05, 3.63) is 59.9 Å². The highest BCUT2D eigenvalue weighted by molar-refractivity contribution is 14.1. The number of benzene rings is 2. The van der Waals surface area contributed by atoms with Crippen molar-refractivity contribution in [2.45, 2.75) is 6.92 Å². The Hall–Kier alpha value is -2.15. The number of aliphatic imine (C=N–C) groups is 1. The van der Waals surface area contributed by atoms with Crippen molar-refractivity contribution < 1.29 is 28.5 Å². The van der Waals surface area contributed by atoms with E-state index in [1.54, 1.807) is 18.2 Å². The molecule has 0 aromatic heterocycles. The normalized spacial score (nSPS) is 14.4. The Balaban J connectivity index is 1.90. The predicted octanol–water partition coefficient (Wildman–Crippen LogP) is 4.11. The van der Waals surface area contributed by atoms with E-state index in [4.69, 9.17) is 14.2 Å². The standard InChI is InChI=1S/C21H17I2NO6/c1-11-6-13(4-5-14(11)22)20-24-16(21(26)30-20)8-12-7-15(23)19(17(9-12)27-2)29-10-18(25)28-3/h4-9H,10H2,1-3H3/b16-8-. The fourth-order valence-corrected chi connectivity index (χ4v) is 3.74. The SMILES string of the molecule is COC(=O)COc1c(I)cc(/C=C2\N=C(c3ccc(I)c(C)c3)OC2=O)cc1OC. The third kappa shape index (κ3) is 5.12. The fourth-order valence-electron chi connectivity index (χ4n) is 2.62. The first-order valence-corrected chi connectivity index (χ1v) is 10.8. The van der Waals surface area contributed by atoms with E-state index in [0.717, 1.165) is 14.7 Å². The number of methoxy groups -OCH3 is 2. The van der Waals surface area contributed by atoms with Crippen LogP contribution in [0.4, 0.5) is 0 Å². The van der Waals surface area contributed by atoms with Crippen LogP contribution in [0.25, 0.3) is 6.08 Å². The van der Waals surface area contributed by atoms with Crippen molar-refractivity contribution in [1.82, 2.24) is 0 Å². The molecule has 9 heteroatoms. The Labute approximate surface area is 200 Å². The number of ether oxygens (including phenoxy) is 4. The molecule has 2 aromatic carbocycles. The highest BCUT2D eigenvalue weighted by Crippen LogP contribution is 2.35. The van der Waals surface area contributed by atoms with Gasteiger partial charge in [0.15, 0.2) is 23.8 Å². The van der Waals surface area contributed by atoms with E-state index < -0.39 is 11.9 Å². The highest BCUT2D eigenvalue weighted by atomic mass is 127. The summed E-state index contributed by atoms with van der Waals surface area (Å²) in [6.07, 6.45) is 1.61. The second kappa shape index (κ2) is 9.77. The fraction of sp³-hybridized carbons (Fsp3) is 0.190. The van der Waals surface area contributed by atoms with E-state index >= 15 is 0 Å². The third-order valence-electron chi connectivity index (χ3n) is 4.14. The maximum atomic E-state index is 12.3. The van der Waals surface area contributed by atoms with Crippen molar-refractivity contribution in [2.24, 2.45) is 4.99 Å². The van der Waals surface area contributed by atoms with Crippen LogP contribution in [0, 0.1) is 14.1 Å². The van der Waals surface area contributed by atoms with Crippen molar-refractivity contribution in [1.29, 1.82) is 0 Å². The summed E-state index contributed by atoms with van der Waals surface area (Å²) in [6, 6.07) is 9.22. The number of nitrogens with zero attached hydrogens (tertiary/aromatic N) is 1. The first-order chi connectivity index (χ1) is 14.3. The summed E-state index contributed by atoms with van der Waals surface area (Å²) >= 11 is 4.31. The Kier molecular flexibility index (Phi) is 7.34. The van der Waals surface area contributed by atoms with Gasteiger partial charge in [-0.3, -0.25) is 0 Å². The lowest BCUT2D eigenvalue weighted by molar-refractivity contribution is -0.143. The second-order valence-electron chi connectivity index (χ2n) is 6.20. The van der Waals surface area contributed by atoms with Crippen LogP contribution in [0.5, 0.6) is 11.5 Å². The molecule has 1 aliphatic rings. The molecule has 0 unspecified atom stereocenters. The molecule has 156 valence electrons. The molecule has 3 rings (SSSR count). The van der Waals surface area contributed by atoms with Crippen molar-refractivity contribution in [3.8, 4) is 11.5 Å². The lowest BCUT2D eigenvalue weighted by atomic mass is 10.1. The van der Waals surface area contributed by atoms with Gasteiger partial charge in [0.2, 0.25) is 5.90 Å². The molecule has 0 saturated carbocycles. The quantitative estimate of drug-likeness (QED) is 0.271. The Morgan fingerprint density at radius 1 is 1.17 bits per heavy atom. The summed E-state index contributed by atoms with van der Waals surface area (Å²) in [5.41, 5.74) is 2.68. The van der Waals surface area contributed by atoms with E-state index in [0.29, 0.717) is 20.6 Å². The summed E-state index contributed by atoms with van der Waals surface area (Å²) in [5, 5.41) is 0.